The molecule has 0 aliphatic rings. The molecule has 0 unspecified atom stereocenters. The van der Waals surface area contributed by atoms with E-state index in [1.165, 1.54) is 0 Å². The van der Waals surface area contributed by atoms with Crippen molar-refractivity contribution in [1.82, 2.24) is 0 Å². The van der Waals surface area contributed by atoms with Crippen LogP contribution >= 0.6 is 23.5 Å². The molecule has 0 bridgehead atoms. The molecule has 0 spiro atoms. The van der Waals surface area contributed by atoms with Crippen LogP contribution in [0, 0.1) is 0 Å². The van der Waals surface area contributed by atoms with Crippen LogP contribution in [0.25, 0.3) is 10.8 Å². The molecule has 2 aromatic rings. The summed E-state index contributed by atoms with van der Waals surface area (Å²) >= 11 is 3.35. The molecule has 0 aliphatic heterocycles. The van der Waals surface area contributed by atoms with E-state index in [2.05, 4.69) is 12.1 Å². The molecule has 0 saturated carbocycles. The van der Waals surface area contributed by atoms with Gasteiger partial charge in [-0.1, -0.05) is 24.3 Å². The van der Waals surface area contributed by atoms with E-state index in [1.807, 2.05) is 24.3 Å². The van der Waals surface area contributed by atoms with Crippen LogP contribution in [0.4, 0.5) is 0 Å². The van der Waals surface area contributed by atoms with Gasteiger partial charge in [0.15, 0.2) is 0 Å². The third-order valence-electron chi connectivity index (χ3n) is 3.27. The van der Waals surface area contributed by atoms with Gasteiger partial charge in [-0.15, -0.1) is 0 Å². The topological polar surface area (TPSA) is 58.9 Å². The third-order valence-corrected chi connectivity index (χ3v) is 5.12. The fourth-order valence-electron chi connectivity index (χ4n) is 2.27. The Kier molecular flexibility index (Phi) is 9.20. The summed E-state index contributed by atoms with van der Waals surface area (Å²) in [7, 11) is 0. The molecule has 2 rings (SSSR count). The maximum absolute atomic E-state index is 8.80. The van der Waals surface area contributed by atoms with Crippen molar-refractivity contribution in [2.75, 3.05) is 49.4 Å². The van der Waals surface area contributed by atoms with Crippen molar-refractivity contribution in [3.63, 3.8) is 0 Å². The van der Waals surface area contributed by atoms with Gasteiger partial charge in [-0.3, -0.25) is 0 Å². The second kappa shape index (κ2) is 11.5. The lowest BCUT2D eigenvalue weighted by Crippen LogP contribution is -2.04. The average molecular weight is 369 g/mol. The largest absolute Gasteiger partial charge is 0.492 e. The summed E-state index contributed by atoms with van der Waals surface area (Å²) in [5, 5.41) is 19.7. The van der Waals surface area contributed by atoms with Crippen LogP contribution in [0.2, 0.25) is 0 Å². The van der Waals surface area contributed by atoms with Crippen LogP contribution in [-0.4, -0.2) is 59.7 Å². The Hall–Kier alpha value is -1.08. The zero-order chi connectivity index (χ0) is 17.0. The van der Waals surface area contributed by atoms with Crippen LogP contribution in [0.15, 0.2) is 36.4 Å². The molecule has 0 heterocycles. The van der Waals surface area contributed by atoms with Crippen molar-refractivity contribution in [3.05, 3.63) is 36.4 Å². The Labute approximate surface area is 151 Å². The molecular weight excluding hydrogens is 344 g/mol. The predicted octanol–water partition coefficient (Wildman–Crippen LogP) is 3.05. The van der Waals surface area contributed by atoms with Gasteiger partial charge in [-0.2, -0.15) is 23.5 Å². The second-order valence-electron chi connectivity index (χ2n) is 4.98. The highest BCUT2D eigenvalue weighted by Crippen LogP contribution is 2.34. The maximum Gasteiger partial charge on any atom is 0.130 e. The highest BCUT2D eigenvalue weighted by Gasteiger charge is 2.08. The standard InChI is InChI=1S/C18H24O4S2/c19-7-11-23-13-9-21-16-5-1-3-15-4-2-6-17(18(15)16)22-10-14-24-12-8-20/h1-6,19-20H,7-14H2. The lowest BCUT2D eigenvalue weighted by Gasteiger charge is -2.14. The van der Waals surface area contributed by atoms with Crippen molar-refractivity contribution in [2.24, 2.45) is 0 Å². The Morgan fingerprint density at radius 2 is 1.21 bits per heavy atom. The molecular formula is C18H24O4S2. The van der Waals surface area contributed by atoms with Crippen molar-refractivity contribution < 1.29 is 19.7 Å². The number of rotatable bonds is 12. The second-order valence-corrected chi connectivity index (χ2v) is 7.43. The van der Waals surface area contributed by atoms with Gasteiger partial charge in [0, 0.05) is 23.0 Å². The molecule has 2 aromatic carbocycles. The molecule has 0 amide bonds. The molecule has 132 valence electrons. The zero-order valence-electron chi connectivity index (χ0n) is 13.6. The average Bonchev–Trinajstić information content (AvgIpc) is 2.61. The quantitative estimate of drug-likeness (QED) is 0.562. The van der Waals surface area contributed by atoms with E-state index in [9.17, 15) is 0 Å². The van der Waals surface area contributed by atoms with E-state index in [4.69, 9.17) is 19.7 Å². The smallest absolute Gasteiger partial charge is 0.130 e. The van der Waals surface area contributed by atoms with E-state index in [0.717, 1.165) is 45.3 Å². The summed E-state index contributed by atoms with van der Waals surface area (Å²) in [5.74, 6) is 4.82. The molecule has 0 fully saturated rings. The molecule has 0 atom stereocenters. The number of aliphatic hydroxyl groups is 2. The molecule has 0 saturated heterocycles. The number of aliphatic hydroxyl groups excluding tert-OH is 2. The molecule has 0 aromatic heterocycles. The van der Waals surface area contributed by atoms with Crippen LogP contribution in [0.3, 0.4) is 0 Å². The zero-order valence-corrected chi connectivity index (χ0v) is 15.3. The molecule has 0 aliphatic carbocycles. The number of ether oxygens (including phenoxy) is 2. The summed E-state index contributed by atoms with van der Waals surface area (Å²) in [5.41, 5.74) is 0. The first-order chi connectivity index (χ1) is 11.9. The van der Waals surface area contributed by atoms with E-state index in [1.54, 1.807) is 23.5 Å². The number of thioether (sulfide) groups is 2. The van der Waals surface area contributed by atoms with Gasteiger partial charge < -0.3 is 19.7 Å². The van der Waals surface area contributed by atoms with Gasteiger partial charge in [-0.25, -0.2) is 0 Å². The van der Waals surface area contributed by atoms with Crippen LogP contribution < -0.4 is 9.47 Å². The lowest BCUT2D eigenvalue weighted by atomic mass is 10.1. The van der Waals surface area contributed by atoms with E-state index in [-0.39, 0.29) is 13.2 Å². The van der Waals surface area contributed by atoms with Gasteiger partial charge >= 0.3 is 0 Å². The van der Waals surface area contributed by atoms with Crippen molar-refractivity contribution in [1.29, 1.82) is 0 Å². The number of hydrogen-bond donors (Lipinski definition) is 2. The highest BCUT2D eigenvalue weighted by molar-refractivity contribution is 7.99. The van der Waals surface area contributed by atoms with E-state index in [0.29, 0.717) is 13.2 Å². The Bertz CT molecular complexity index is 558. The van der Waals surface area contributed by atoms with Gasteiger partial charge in [-0.05, 0) is 17.5 Å². The minimum absolute atomic E-state index is 0.200. The minimum atomic E-state index is 0.200. The Morgan fingerprint density at radius 1 is 0.708 bits per heavy atom. The fourth-order valence-corrected chi connectivity index (χ4v) is 3.34. The summed E-state index contributed by atoms with van der Waals surface area (Å²) in [6.07, 6.45) is 0. The monoisotopic (exact) mass is 368 g/mol. The van der Waals surface area contributed by atoms with Crippen molar-refractivity contribution >= 4 is 34.3 Å². The summed E-state index contributed by atoms with van der Waals surface area (Å²) in [6.45, 7) is 1.60. The van der Waals surface area contributed by atoms with Crippen LogP contribution in [0.5, 0.6) is 11.5 Å². The maximum atomic E-state index is 8.80. The first-order valence-electron chi connectivity index (χ1n) is 8.01. The SMILES string of the molecule is OCCSCCOc1cccc2cccc(OCCSCCO)c12. The van der Waals surface area contributed by atoms with E-state index < -0.39 is 0 Å². The van der Waals surface area contributed by atoms with Crippen molar-refractivity contribution in [2.45, 2.75) is 0 Å². The molecule has 24 heavy (non-hydrogen) atoms. The first-order valence-corrected chi connectivity index (χ1v) is 10.3. The lowest BCUT2D eigenvalue weighted by molar-refractivity contribution is 0.321. The summed E-state index contributed by atoms with van der Waals surface area (Å²) in [4.78, 5) is 0. The third kappa shape index (κ3) is 6.09. The molecule has 6 heteroatoms. The van der Waals surface area contributed by atoms with Crippen molar-refractivity contribution in [3.8, 4) is 11.5 Å². The number of hydrogen-bond acceptors (Lipinski definition) is 6. The summed E-state index contributed by atoms with van der Waals surface area (Å²) in [6, 6.07) is 12.0. The molecule has 4 nitrogen and oxygen atoms in total. The van der Waals surface area contributed by atoms with Crippen LogP contribution in [-0.2, 0) is 0 Å². The van der Waals surface area contributed by atoms with Gasteiger partial charge in [0.25, 0.3) is 0 Å². The van der Waals surface area contributed by atoms with E-state index >= 15 is 0 Å². The van der Waals surface area contributed by atoms with Gasteiger partial charge in [0.1, 0.15) is 11.5 Å². The van der Waals surface area contributed by atoms with Gasteiger partial charge in [0.05, 0.1) is 31.8 Å². The number of benzene rings is 2. The first kappa shape index (κ1) is 19.2. The Balaban J connectivity index is 2.01. The summed E-state index contributed by atoms with van der Waals surface area (Å²) < 4.78 is 11.9. The van der Waals surface area contributed by atoms with Crippen LogP contribution in [0.1, 0.15) is 0 Å². The highest BCUT2D eigenvalue weighted by atomic mass is 32.2. The molecule has 0 radical (unpaired) electrons. The molecule has 2 N–H and O–H groups in total. The minimum Gasteiger partial charge on any atom is -0.492 e. The number of fused-ring (bicyclic) bond motifs is 1. The van der Waals surface area contributed by atoms with Gasteiger partial charge in [0.2, 0.25) is 0 Å². The predicted molar refractivity (Wildman–Crippen MR) is 104 cm³/mol. The fraction of sp³-hybridized carbons (Fsp3) is 0.444. The normalized spacial score (nSPS) is 10.9. The Morgan fingerprint density at radius 3 is 1.67 bits per heavy atom.